The predicted octanol–water partition coefficient (Wildman–Crippen LogP) is 5.10. The summed E-state index contributed by atoms with van der Waals surface area (Å²) in [4.78, 5) is 18.3. The fourth-order valence-corrected chi connectivity index (χ4v) is 4.94. The van der Waals surface area contributed by atoms with Crippen LogP contribution in [0, 0.1) is 5.92 Å². The molecule has 1 aliphatic heterocycles. The van der Waals surface area contributed by atoms with Gasteiger partial charge in [0.1, 0.15) is 5.69 Å². The second-order valence-electron chi connectivity index (χ2n) is 8.52. The molecule has 5 rings (SSSR count). The number of carbonyl (C=O) groups excluding carboxylic acids is 1. The molecule has 2 heterocycles. The summed E-state index contributed by atoms with van der Waals surface area (Å²) >= 11 is 0. The average molecular weight is 386 g/mol. The first-order chi connectivity index (χ1) is 14.1. The van der Waals surface area contributed by atoms with Crippen molar-refractivity contribution in [1.82, 2.24) is 9.88 Å². The van der Waals surface area contributed by atoms with E-state index in [1.165, 1.54) is 19.3 Å². The van der Waals surface area contributed by atoms with Crippen LogP contribution in [0.15, 0.2) is 48.7 Å². The van der Waals surface area contributed by atoms with Gasteiger partial charge in [-0.3, -0.25) is 9.78 Å². The fourth-order valence-electron chi connectivity index (χ4n) is 4.94. The number of rotatable bonds is 3. The van der Waals surface area contributed by atoms with Crippen molar-refractivity contribution in [3.05, 3.63) is 65.5 Å². The van der Waals surface area contributed by atoms with E-state index in [0.717, 1.165) is 45.9 Å². The van der Waals surface area contributed by atoms with Gasteiger partial charge in [0, 0.05) is 30.9 Å². The monoisotopic (exact) mass is 386 g/mol. The van der Waals surface area contributed by atoms with E-state index < -0.39 is 0 Å². The molecule has 1 saturated carbocycles. The van der Waals surface area contributed by atoms with E-state index >= 15 is 0 Å². The number of nitrogens with zero attached hydrogens (tertiary/aromatic N) is 2. The third kappa shape index (κ3) is 3.22. The molecule has 0 saturated heterocycles. The van der Waals surface area contributed by atoms with Crippen LogP contribution in [0.25, 0.3) is 21.9 Å². The number of benzene rings is 2. The molecule has 0 spiro atoms. The molecule has 1 unspecified atom stereocenters. The molecule has 1 amide bonds. The molecule has 148 valence electrons. The van der Waals surface area contributed by atoms with E-state index in [9.17, 15) is 9.90 Å². The van der Waals surface area contributed by atoms with Gasteiger partial charge in [-0.05, 0) is 52.8 Å². The molecular weight excluding hydrogens is 360 g/mol. The van der Waals surface area contributed by atoms with E-state index in [1.54, 1.807) is 18.1 Å². The molecular formula is C25H26N2O2. The van der Waals surface area contributed by atoms with Crippen LogP contribution in [0.3, 0.4) is 0 Å². The van der Waals surface area contributed by atoms with Gasteiger partial charge < -0.3 is 10.0 Å². The Morgan fingerprint density at radius 2 is 1.93 bits per heavy atom. The molecule has 1 fully saturated rings. The highest BCUT2D eigenvalue weighted by atomic mass is 16.3. The number of carbonyl (C=O) groups is 1. The Balaban J connectivity index is 1.51. The molecule has 2 aromatic carbocycles. The van der Waals surface area contributed by atoms with Crippen LogP contribution in [-0.2, 0) is 6.54 Å². The van der Waals surface area contributed by atoms with Gasteiger partial charge in [0.25, 0.3) is 5.91 Å². The van der Waals surface area contributed by atoms with E-state index in [-0.39, 0.29) is 12.0 Å². The molecule has 4 nitrogen and oxygen atoms in total. The zero-order chi connectivity index (χ0) is 20.0. The number of fused-ring (bicyclic) bond motifs is 2. The topological polar surface area (TPSA) is 53.4 Å². The largest absolute Gasteiger partial charge is 0.388 e. The van der Waals surface area contributed by atoms with E-state index in [0.29, 0.717) is 18.2 Å². The lowest BCUT2D eigenvalue weighted by molar-refractivity contribution is 0.0812. The Bertz CT molecular complexity index is 1090. The van der Waals surface area contributed by atoms with Crippen LogP contribution in [0.4, 0.5) is 0 Å². The molecule has 2 aliphatic rings. The van der Waals surface area contributed by atoms with Crippen molar-refractivity contribution >= 4 is 16.7 Å². The molecule has 1 atom stereocenters. The van der Waals surface area contributed by atoms with Gasteiger partial charge in [0.15, 0.2) is 0 Å². The summed E-state index contributed by atoms with van der Waals surface area (Å²) in [6.45, 7) is 0.609. The van der Waals surface area contributed by atoms with Gasteiger partial charge in [-0.25, -0.2) is 0 Å². The number of aliphatic hydroxyl groups excluding tert-OH is 1. The van der Waals surface area contributed by atoms with Crippen LogP contribution < -0.4 is 0 Å². The Morgan fingerprint density at radius 3 is 2.76 bits per heavy atom. The van der Waals surface area contributed by atoms with Gasteiger partial charge in [0.05, 0.1) is 6.10 Å². The van der Waals surface area contributed by atoms with Crippen molar-refractivity contribution in [2.75, 3.05) is 7.05 Å². The van der Waals surface area contributed by atoms with E-state index in [2.05, 4.69) is 47.4 Å². The summed E-state index contributed by atoms with van der Waals surface area (Å²) in [5.74, 6) is 0.366. The smallest absolute Gasteiger partial charge is 0.272 e. The lowest BCUT2D eigenvalue weighted by Crippen LogP contribution is -2.18. The molecule has 0 bridgehead atoms. The minimum atomic E-state index is -0.383. The summed E-state index contributed by atoms with van der Waals surface area (Å²) in [5.41, 5.74) is 4.70. The van der Waals surface area contributed by atoms with Crippen LogP contribution in [0.5, 0.6) is 0 Å². The van der Waals surface area contributed by atoms with Gasteiger partial charge in [-0.1, -0.05) is 49.6 Å². The van der Waals surface area contributed by atoms with Gasteiger partial charge in [0.2, 0.25) is 0 Å². The highest BCUT2D eigenvalue weighted by Gasteiger charge is 2.26. The Morgan fingerprint density at radius 1 is 1.10 bits per heavy atom. The molecule has 29 heavy (non-hydrogen) atoms. The van der Waals surface area contributed by atoms with E-state index in [1.807, 2.05) is 0 Å². The number of pyridine rings is 1. The molecule has 1 aromatic heterocycles. The zero-order valence-corrected chi connectivity index (χ0v) is 16.8. The summed E-state index contributed by atoms with van der Waals surface area (Å²) in [6, 6.07) is 14.7. The second kappa shape index (κ2) is 7.27. The van der Waals surface area contributed by atoms with Crippen molar-refractivity contribution in [2.24, 2.45) is 5.92 Å². The third-order valence-electron chi connectivity index (χ3n) is 6.58. The minimum absolute atomic E-state index is 0.00851. The van der Waals surface area contributed by atoms with Gasteiger partial charge in [-0.15, -0.1) is 0 Å². The minimum Gasteiger partial charge on any atom is -0.388 e. The zero-order valence-electron chi connectivity index (χ0n) is 16.8. The van der Waals surface area contributed by atoms with Crippen LogP contribution in [0.1, 0.15) is 59.8 Å². The maximum Gasteiger partial charge on any atom is 0.272 e. The van der Waals surface area contributed by atoms with Crippen LogP contribution >= 0.6 is 0 Å². The Hall–Kier alpha value is -2.72. The van der Waals surface area contributed by atoms with Crippen molar-refractivity contribution in [1.29, 1.82) is 0 Å². The van der Waals surface area contributed by atoms with Crippen molar-refractivity contribution in [3.63, 3.8) is 0 Å². The third-order valence-corrected chi connectivity index (χ3v) is 6.58. The Labute approximate surface area is 171 Å². The molecule has 0 radical (unpaired) electrons. The second-order valence-corrected chi connectivity index (χ2v) is 8.52. The fraction of sp³-hybridized carbons (Fsp3) is 0.360. The molecule has 3 aromatic rings. The maximum absolute atomic E-state index is 12.1. The first-order valence-corrected chi connectivity index (χ1v) is 10.6. The van der Waals surface area contributed by atoms with Crippen LogP contribution in [0.2, 0.25) is 0 Å². The normalized spacial score (nSPS) is 18.3. The lowest BCUT2D eigenvalue weighted by Gasteiger charge is -2.27. The predicted molar refractivity (Wildman–Crippen MR) is 115 cm³/mol. The number of hydrogen-bond acceptors (Lipinski definition) is 3. The maximum atomic E-state index is 12.1. The summed E-state index contributed by atoms with van der Waals surface area (Å²) < 4.78 is 0. The quantitative estimate of drug-likeness (QED) is 0.681. The Kier molecular flexibility index (Phi) is 4.59. The summed E-state index contributed by atoms with van der Waals surface area (Å²) in [5, 5.41) is 13.2. The average Bonchev–Trinajstić information content (AvgIpc) is 3.06. The van der Waals surface area contributed by atoms with Crippen molar-refractivity contribution < 1.29 is 9.90 Å². The van der Waals surface area contributed by atoms with Gasteiger partial charge in [-0.2, -0.15) is 0 Å². The first kappa shape index (κ1) is 18.3. The van der Waals surface area contributed by atoms with Crippen LogP contribution in [-0.4, -0.2) is 27.9 Å². The lowest BCUT2D eigenvalue weighted by atomic mass is 9.82. The van der Waals surface area contributed by atoms with E-state index in [4.69, 9.17) is 0 Å². The van der Waals surface area contributed by atoms with Crippen molar-refractivity contribution in [2.45, 2.75) is 44.8 Å². The highest BCUT2D eigenvalue weighted by molar-refractivity contribution is 5.99. The molecule has 1 N–H and O–H groups in total. The highest BCUT2D eigenvalue weighted by Crippen LogP contribution is 2.37. The van der Waals surface area contributed by atoms with Crippen molar-refractivity contribution in [3.8, 4) is 11.1 Å². The standard InChI is InChI=1S/C25H26N2O2/c1-27-15-20-13-19(14-26-23(20)25(27)29)21-9-5-8-17-12-18(10-11-22(17)21)24(28)16-6-3-2-4-7-16/h5,8-14,16,24,28H,2-4,6-7,15H2,1H3. The number of aromatic nitrogens is 1. The summed E-state index contributed by atoms with van der Waals surface area (Å²) in [6.07, 6.45) is 7.40. The number of aliphatic hydroxyl groups is 1. The number of hydrogen-bond donors (Lipinski definition) is 1. The summed E-state index contributed by atoms with van der Waals surface area (Å²) in [7, 11) is 1.81. The number of amides is 1. The van der Waals surface area contributed by atoms with Gasteiger partial charge >= 0.3 is 0 Å². The molecule has 1 aliphatic carbocycles. The molecule has 4 heteroatoms. The first-order valence-electron chi connectivity index (χ1n) is 10.6. The SMILES string of the molecule is CN1Cc2cc(-c3cccc4cc(C(O)C5CCCCC5)ccc34)cnc2C1=O.